The number of benzene rings is 1. The van der Waals surface area contributed by atoms with E-state index < -0.39 is 0 Å². The van der Waals surface area contributed by atoms with Gasteiger partial charge in [0.1, 0.15) is 6.10 Å². The summed E-state index contributed by atoms with van der Waals surface area (Å²) in [6.07, 6.45) is 6.58. The lowest BCUT2D eigenvalue weighted by Gasteiger charge is -2.26. The Balaban J connectivity index is 1.62. The van der Waals surface area contributed by atoms with E-state index in [1.54, 1.807) is 6.08 Å². The fourth-order valence-electron chi connectivity index (χ4n) is 3.98. The highest BCUT2D eigenvalue weighted by Gasteiger charge is 2.27. The van der Waals surface area contributed by atoms with Crippen molar-refractivity contribution in [1.82, 2.24) is 5.32 Å². The molecule has 1 aliphatic heterocycles. The van der Waals surface area contributed by atoms with Gasteiger partial charge in [0.15, 0.2) is 0 Å². The summed E-state index contributed by atoms with van der Waals surface area (Å²) in [4.78, 5) is 24.5. The first-order valence-corrected chi connectivity index (χ1v) is 9.43. The molecule has 4 nitrogen and oxygen atoms in total. The number of carbonyl (C=O) groups is 2. The van der Waals surface area contributed by atoms with Crippen molar-refractivity contribution in [3.8, 4) is 0 Å². The zero-order valence-electron chi connectivity index (χ0n) is 15.7. The van der Waals surface area contributed by atoms with E-state index in [1.165, 1.54) is 17.2 Å². The van der Waals surface area contributed by atoms with Gasteiger partial charge < -0.3 is 10.1 Å². The van der Waals surface area contributed by atoms with E-state index in [9.17, 15) is 9.59 Å². The average Bonchev–Trinajstić information content (AvgIpc) is 2.59. The van der Waals surface area contributed by atoms with Crippen LogP contribution in [-0.4, -0.2) is 18.0 Å². The van der Waals surface area contributed by atoms with Gasteiger partial charge in [0.25, 0.3) is 0 Å². The summed E-state index contributed by atoms with van der Waals surface area (Å²) in [5.41, 5.74) is 4.34. The molecule has 0 saturated heterocycles. The number of hydrogen-bond acceptors (Lipinski definition) is 3. The van der Waals surface area contributed by atoms with Crippen LogP contribution in [0.25, 0.3) is 0 Å². The number of amides is 1. The van der Waals surface area contributed by atoms with E-state index in [0.29, 0.717) is 6.42 Å². The quantitative estimate of drug-likeness (QED) is 0.657. The van der Waals surface area contributed by atoms with Crippen LogP contribution in [0.5, 0.6) is 0 Å². The number of hydrogen-bond donors (Lipinski definition) is 1. The van der Waals surface area contributed by atoms with Gasteiger partial charge in [-0.25, -0.2) is 4.79 Å². The SMILES string of the molecule is CC1=C(C(C)C)C(=O)OC(/C=C/C(=O)NC2CCCc3ccccc32)C1. The first kappa shape index (κ1) is 18.4. The smallest absolute Gasteiger partial charge is 0.334 e. The molecule has 4 heteroatoms. The molecule has 1 aromatic rings. The van der Waals surface area contributed by atoms with Gasteiger partial charge in [-0.15, -0.1) is 0 Å². The Kier molecular flexibility index (Phi) is 5.60. The van der Waals surface area contributed by atoms with Crippen molar-refractivity contribution in [2.75, 3.05) is 0 Å². The number of fused-ring (bicyclic) bond motifs is 1. The second kappa shape index (κ2) is 7.90. The number of cyclic esters (lactones) is 1. The van der Waals surface area contributed by atoms with Crippen LogP contribution in [0.1, 0.15) is 57.2 Å². The maximum Gasteiger partial charge on any atom is 0.334 e. The molecule has 1 aliphatic carbocycles. The minimum absolute atomic E-state index is 0.0557. The molecule has 2 aliphatic rings. The predicted molar refractivity (Wildman–Crippen MR) is 101 cm³/mol. The molecule has 0 bridgehead atoms. The molecule has 0 fully saturated rings. The van der Waals surface area contributed by atoms with Gasteiger partial charge >= 0.3 is 5.97 Å². The Morgan fingerprint density at radius 2 is 2.08 bits per heavy atom. The Hall–Kier alpha value is -2.36. The molecule has 0 spiro atoms. The Bertz CT molecular complexity index is 760. The van der Waals surface area contributed by atoms with Crippen LogP contribution in [0.3, 0.4) is 0 Å². The number of rotatable bonds is 4. The van der Waals surface area contributed by atoms with Crippen molar-refractivity contribution < 1.29 is 14.3 Å². The Labute approximate surface area is 155 Å². The van der Waals surface area contributed by atoms with Crippen molar-refractivity contribution in [2.45, 2.75) is 58.6 Å². The highest BCUT2D eigenvalue weighted by molar-refractivity contribution is 5.91. The Morgan fingerprint density at radius 1 is 1.31 bits per heavy atom. The largest absolute Gasteiger partial charge is 0.454 e. The second-order valence-electron chi connectivity index (χ2n) is 7.51. The molecular formula is C22H27NO3. The van der Waals surface area contributed by atoms with Crippen molar-refractivity contribution in [2.24, 2.45) is 5.92 Å². The third-order valence-electron chi connectivity index (χ3n) is 5.17. The summed E-state index contributed by atoms with van der Waals surface area (Å²) in [5.74, 6) is -0.249. The molecule has 1 amide bonds. The molecule has 2 atom stereocenters. The minimum Gasteiger partial charge on any atom is -0.454 e. The second-order valence-corrected chi connectivity index (χ2v) is 7.51. The molecule has 0 saturated carbocycles. The Morgan fingerprint density at radius 3 is 2.81 bits per heavy atom. The van der Waals surface area contributed by atoms with Crippen LogP contribution in [0, 0.1) is 5.92 Å². The van der Waals surface area contributed by atoms with Crippen LogP contribution < -0.4 is 5.32 Å². The third kappa shape index (κ3) is 4.06. The molecular weight excluding hydrogens is 326 g/mol. The first-order chi connectivity index (χ1) is 12.5. The highest BCUT2D eigenvalue weighted by atomic mass is 16.5. The zero-order valence-corrected chi connectivity index (χ0v) is 15.7. The maximum atomic E-state index is 12.3. The van der Waals surface area contributed by atoms with Crippen molar-refractivity contribution in [3.05, 3.63) is 58.7 Å². The molecule has 26 heavy (non-hydrogen) atoms. The van der Waals surface area contributed by atoms with Gasteiger partial charge in [-0.3, -0.25) is 4.79 Å². The van der Waals surface area contributed by atoms with Crippen molar-refractivity contribution >= 4 is 11.9 Å². The van der Waals surface area contributed by atoms with Gasteiger partial charge in [-0.2, -0.15) is 0 Å². The average molecular weight is 353 g/mol. The van der Waals surface area contributed by atoms with E-state index in [4.69, 9.17) is 4.74 Å². The molecule has 1 aromatic carbocycles. The summed E-state index contributed by atoms with van der Waals surface area (Å²) in [6.45, 7) is 5.95. The van der Waals surface area contributed by atoms with E-state index in [0.717, 1.165) is 30.4 Å². The van der Waals surface area contributed by atoms with Crippen molar-refractivity contribution in [1.29, 1.82) is 0 Å². The molecule has 1 N–H and O–H groups in total. The van der Waals surface area contributed by atoms with Crippen LogP contribution in [-0.2, 0) is 20.7 Å². The van der Waals surface area contributed by atoms with E-state index in [-0.39, 0.29) is 29.9 Å². The standard InChI is InChI=1S/C22H27NO3/c1-14(2)21-15(3)13-17(26-22(21)25)11-12-20(24)23-19-10-6-8-16-7-4-5-9-18(16)19/h4-5,7,9,11-12,14,17,19H,6,8,10,13H2,1-3H3,(H,23,24)/b12-11+. The third-order valence-corrected chi connectivity index (χ3v) is 5.17. The molecule has 2 unspecified atom stereocenters. The fraction of sp³-hybridized carbons (Fsp3) is 0.455. The summed E-state index contributed by atoms with van der Waals surface area (Å²) >= 11 is 0. The van der Waals surface area contributed by atoms with Gasteiger partial charge in [0, 0.05) is 18.1 Å². The van der Waals surface area contributed by atoms with Gasteiger partial charge in [0.2, 0.25) is 5.91 Å². The van der Waals surface area contributed by atoms with Crippen LogP contribution in [0.2, 0.25) is 0 Å². The predicted octanol–water partition coefficient (Wildman–Crippen LogP) is 4.02. The molecule has 138 valence electrons. The highest BCUT2D eigenvalue weighted by Crippen LogP contribution is 2.30. The minimum atomic E-state index is -0.366. The lowest BCUT2D eigenvalue weighted by atomic mass is 9.88. The summed E-state index contributed by atoms with van der Waals surface area (Å²) in [7, 11) is 0. The van der Waals surface area contributed by atoms with E-state index in [1.807, 2.05) is 32.9 Å². The number of esters is 1. The lowest BCUT2D eigenvalue weighted by molar-refractivity contribution is -0.144. The zero-order chi connectivity index (χ0) is 18.7. The van der Waals surface area contributed by atoms with Gasteiger partial charge in [-0.05, 0) is 49.3 Å². The number of ether oxygens (including phenoxy) is 1. The molecule has 0 radical (unpaired) electrons. The van der Waals surface area contributed by atoms with Crippen LogP contribution in [0.15, 0.2) is 47.6 Å². The van der Waals surface area contributed by atoms with Gasteiger partial charge in [-0.1, -0.05) is 43.7 Å². The monoisotopic (exact) mass is 353 g/mol. The van der Waals surface area contributed by atoms with Crippen molar-refractivity contribution in [3.63, 3.8) is 0 Å². The number of carbonyl (C=O) groups excluding carboxylic acids is 2. The summed E-state index contributed by atoms with van der Waals surface area (Å²) in [5, 5.41) is 3.09. The number of nitrogens with one attached hydrogen (secondary N) is 1. The molecule has 3 rings (SSSR count). The van der Waals surface area contributed by atoms with Crippen LogP contribution in [0.4, 0.5) is 0 Å². The van der Waals surface area contributed by atoms with E-state index >= 15 is 0 Å². The first-order valence-electron chi connectivity index (χ1n) is 9.43. The normalized spacial score (nSPS) is 23.2. The molecule has 1 heterocycles. The summed E-state index contributed by atoms with van der Waals surface area (Å²) in [6, 6.07) is 8.34. The number of aryl methyl sites for hydroxylation is 1. The summed E-state index contributed by atoms with van der Waals surface area (Å²) < 4.78 is 5.46. The molecule has 0 aromatic heterocycles. The topological polar surface area (TPSA) is 55.4 Å². The maximum absolute atomic E-state index is 12.3. The lowest BCUT2D eigenvalue weighted by Crippen LogP contribution is -2.30. The van der Waals surface area contributed by atoms with E-state index in [2.05, 4.69) is 17.4 Å². The van der Waals surface area contributed by atoms with Crippen LogP contribution >= 0.6 is 0 Å². The van der Waals surface area contributed by atoms with Gasteiger partial charge in [0.05, 0.1) is 6.04 Å². The fourth-order valence-corrected chi connectivity index (χ4v) is 3.98.